The molecule has 0 aliphatic carbocycles. The Balaban J connectivity index is 1.94. The summed E-state index contributed by atoms with van der Waals surface area (Å²) in [5.41, 5.74) is 1.15. The molecule has 0 radical (unpaired) electrons. The van der Waals surface area contributed by atoms with Crippen LogP contribution in [0.5, 0.6) is 11.5 Å². The van der Waals surface area contributed by atoms with Crippen LogP contribution in [0.3, 0.4) is 0 Å². The predicted molar refractivity (Wildman–Crippen MR) is 65.3 cm³/mol. The number of hydrogen-bond donors (Lipinski definition) is 0. The third-order valence-electron chi connectivity index (χ3n) is 3.37. The fraction of sp³-hybridized carbons (Fsp3) is 0.538. The van der Waals surface area contributed by atoms with E-state index >= 15 is 0 Å². The third-order valence-corrected chi connectivity index (χ3v) is 3.88. The molecular weight excluding hydrogens is 240 g/mol. The van der Waals surface area contributed by atoms with Gasteiger partial charge in [0.15, 0.2) is 11.5 Å². The molecule has 17 heavy (non-hydrogen) atoms. The predicted octanol–water partition coefficient (Wildman–Crippen LogP) is 2.35. The number of rotatable bonds is 2. The van der Waals surface area contributed by atoms with Crippen LogP contribution in [0.25, 0.3) is 0 Å². The first-order valence-corrected chi connectivity index (χ1v) is 6.41. The van der Waals surface area contributed by atoms with Gasteiger partial charge in [-0.05, 0) is 17.7 Å². The van der Waals surface area contributed by atoms with E-state index in [0.29, 0.717) is 25.7 Å². The Kier molecular flexibility index (Phi) is 2.89. The SMILES string of the molecule is ClCC1(c2ccc3c(c2)OCCCO3)COC1. The maximum absolute atomic E-state index is 6.06. The van der Waals surface area contributed by atoms with E-state index in [2.05, 4.69) is 6.07 Å². The van der Waals surface area contributed by atoms with Crippen LogP contribution >= 0.6 is 11.6 Å². The lowest BCUT2D eigenvalue weighted by molar-refractivity contribution is -0.0480. The van der Waals surface area contributed by atoms with Crippen molar-refractivity contribution < 1.29 is 14.2 Å². The molecule has 2 heterocycles. The van der Waals surface area contributed by atoms with Crippen molar-refractivity contribution in [1.82, 2.24) is 0 Å². The van der Waals surface area contributed by atoms with Gasteiger partial charge < -0.3 is 14.2 Å². The number of alkyl halides is 1. The lowest BCUT2D eigenvalue weighted by Gasteiger charge is -2.40. The van der Waals surface area contributed by atoms with Crippen molar-refractivity contribution in [3.63, 3.8) is 0 Å². The van der Waals surface area contributed by atoms with E-state index < -0.39 is 0 Å². The van der Waals surface area contributed by atoms with E-state index in [1.54, 1.807) is 0 Å². The Morgan fingerprint density at radius 2 is 1.88 bits per heavy atom. The van der Waals surface area contributed by atoms with Gasteiger partial charge >= 0.3 is 0 Å². The van der Waals surface area contributed by atoms with Gasteiger partial charge in [-0.2, -0.15) is 0 Å². The molecule has 2 aliphatic rings. The molecule has 0 saturated carbocycles. The maximum Gasteiger partial charge on any atom is 0.161 e. The molecule has 92 valence electrons. The van der Waals surface area contributed by atoms with E-state index in [9.17, 15) is 0 Å². The molecule has 1 aromatic rings. The first-order valence-electron chi connectivity index (χ1n) is 5.88. The van der Waals surface area contributed by atoms with Gasteiger partial charge in [0.2, 0.25) is 0 Å². The molecule has 0 N–H and O–H groups in total. The highest BCUT2D eigenvalue weighted by atomic mass is 35.5. The van der Waals surface area contributed by atoms with Crippen LogP contribution in [0.15, 0.2) is 18.2 Å². The quantitative estimate of drug-likeness (QED) is 0.759. The second-order valence-electron chi connectivity index (χ2n) is 4.62. The van der Waals surface area contributed by atoms with E-state index in [4.69, 9.17) is 25.8 Å². The molecule has 0 unspecified atom stereocenters. The van der Waals surface area contributed by atoms with Gasteiger partial charge in [-0.25, -0.2) is 0 Å². The van der Waals surface area contributed by atoms with Crippen LogP contribution in [0.4, 0.5) is 0 Å². The summed E-state index contributed by atoms with van der Waals surface area (Å²) in [5.74, 6) is 2.24. The lowest BCUT2D eigenvalue weighted by atomic mass is 9.80. The molecular formula is C13H15ClO3. The molecule has 0 bridgehead atoms. The summed E-state index contributed by atoms with van der Waals surface area (Å²) < 4.78 is 16.6. The van der Waals surface area contributed by atoms with Crippen molar-refractivity contribution in [3.8, 4) is 11.5 Å². The molecule has 3 nitrogen and oxygen atoms in total. The first-order chi connectivity index (χ1) is 8.34. The summed E-state index contributed by atoms with van der Waals surface area (Å²) in [4.78, 5) is 0. The van der Waals surface area contributed by atoms with Crippen molar-refractivity contribution in [2.24, 2.45) is 0 Å². The zero-order valence-electron chi connectivity index (χ0n) is 9.58. The Labute approximate surface area is 106 Å². The molecule has 4 heteroatoms. The molecule has 1 saturated heterocycles. The number of hydrogen-bond acceptors (Lipinski definition) is 3. The van der Waals surface area contributed by atoms with Gasteiger partial charge in [0.25, 0.3) is 0 Å². The van der Waals surface area contributed by atoms with E-state index in [1.807, 2.05) is 12.1 Å². The van der Waals surface area contributed by atoms with Gasteiger partial charge in [0, 0.05) is 12.3 Å². The van der Waals surface area contributed by atoms with Crippen LogP contribution in [-0.4, -0.2) is 32.3 Å². The van der Waals surface area contributed by atoms with E-state index in [1.165, 1.54) is 5.56 Å². The Morgan fingerprint density at radius 3 is 2.53 bits per heavy atom. The smallest absolute Gasteiger partial charge is 0.161 e. The molecule has 0 aromatic heterocycles. The highest BCUT2D eigenvalue weighted by molar-refractivity contribution is 6.18. The molecule has 0 spiro atoms. The standard InChI is InChI=1S/C13H15ClO3/c14-7-13(8-15-9-13)10-2-3-11-12(6-10)17-5-1-4-16-11/h2-3,6H,1,4-5,7-9H2. The van der Waals surface area contributed by atoms with Crippen LogP contribution in [-0.2, 0) is 10.2 Å². The summed E-state index contributed by atoms with van der Waals surface area (Å²) in [6.07, 6.45) is 0.924. The summed E-state index contributed by atoms with van der Waals surface area (Å²) >= 11 is 6.06. The maximum atomic E-state index is 6.06. The number of ether oxygens (including phenoxy) is 3. The lowest BCUT2D eigenvalue weighted by Crippen LogP contribution is -2.48. The number of benzene rings is 1. The summed E-state index contributed by atoms with van der Waals surface area (Å²) in [6.45, 7) is 2.81. The van der Waals surface area contributed by atoms with Crippen molar-refractivity contribution in [1.29, 1.82) is 0 Å². The minimum Gasteiger partial charge on any atom is -0.490 e. The van der Waals surface area contributed by atoms with Gasteiger partial charge in [0.1, 0.15) is 0 Å². The summed E-state index contributed by atoms with van der Waals surface area (Å²) in [5, 5.41) is 0. The average molecular weight is 255 g/mol. The van der Waals surface area contributed by atoms with E-state index in [-0.39, 0.29) is 5.41 Å². The zero-order valence-corrected chi connectivity index (χ0v) is 10.3. The van der Waals surface area contributed by atoms with Gasteiger partial charge in [-0.1, -0.05) is 6.07 Å². The Hall–Kier alpha value is -0.930. The average Bonchev–Trinajstić information content (AvgIpc) is 2.53. The molecule has 3 rings (SSSR count). The normalized spacial score (nSPS) is 21.5. The van der Waals surface area contributed by atoms with Crippen molar-refractivity contribution in [3.05, 3.63) is 23.8 Å². The van der Waals surface area contributed by atoms with Gasteiger partial charge in [-0.15, -0.1) is 11.6 Å². The molecule has 1 aromatic carbocycles. The molecule has 0 amide bonds. The second-order valence-corrected chi connectivity index (χ2v) is 4.89. The van der Waals surface area contributed by atoms with E-state index in [0.717, 1.165) is 24.5 Å². The van der Waals surface area contributed by atoms with Crippen molar-refractivity contribution in [2.75, 3.05) is 32.3 Å². The van der Waals surface area contributed by atoms with Crippen LogP contribution < -0.4 is 9.47 Å². The summed E-state index contributed by atoms with van der Waals surface area (Å²) in [7, 11) is 0. The molecule has 2 aliphatic heterocycles. The minimum absolute atomic E-state index is 0.0355. The number of fused-ring (bicyclic) bond motifs is 1. The first kappa shape index (κ1) is 11.2. The van der Waals surface area contributed by atoms with Crippen LogP contribution in [0.2, 0.25) is 0 Å². The Bertz CT molecular complexity index is 410. The molecule has 0 atom stereocenters. The topological polar surface area (TPSA) is 27.7 Å². The largest absolute Gasteiger partial charge is 0.490 e. The van der Waals surface area contributed by atoms with Gasteiger partial charge in [-0.3, -0.25) is 0 Å². The number of halogens is 1. The van der Waals surface area contributed by atoms with Crippen LogP contribution in [0, 0.1) is 0 Å². The zero-order chi connectivity index (χ0) is 11.7. The minimum atomic E-state index is -0.0355. The fourth-order valence-electron chi connectivity index (χ4n) is 2.16. The highest BCUT2D eigenvalue weighted by Gasteiger charge is 2.40. The fourth-order valence-corrected chi connectivity index (χ4v) is 2.47. The van der Waals surface area contributed by atoms with Gasteiger partial charge in [0.05, 0.1) is 31.8 Å². The van der Waals surface area contributed by atoms with Crippen molar-refractivity contribution in [2.45, 2.75) is 11.8 Å². The van der Waals surface area contributed by atoms with Crippen LogP contribution in [0.1, 0.15) is 12.0 Å². The van der Waals surface area contributed by atoms with Crippen molar-refractivity contribution >= 4 is 11.6 Å². The Morgan fingerprint density at radius 1 is 1.12 bits per heavy atom. The second kappa shape index (κ2) is 4.39. The monoisotopic (exact) mass is 254 g/mol. The highest BCUT2D eigenvalue weighted by Crippen LogP contribution is 2.39. The third kappa shape index (κ3) is 1.87. The summed E-state index contributed by atoms with van der Waals surface area (Å²) in [6, 6.07) is 6.09. The molecule has 1 fully saturated rings.